The molecular weight excluding hydrogens is 388 g/mol. The highest BCUT2D eigenvalue weighted by Crippen LogP contribution is 2.20. The molecule has 158 valence electrons. The minimum absolute atomic E-state index is 0.188. The quantitative estimate of drug-likeness (QED) is 0.312. The van der Waals surface area contributed by atoms with Gasteiger partial charge in [-0.15, -0.1) is 0 Å². The Bertz CT molecular complexity index is 912. The van der Waals surface area contributed by atoms with E-state index < -0.39 is 10.0 Å². The molecule has 0 fully saturated rings. The van der Waals surface area contributed by atoms with E-state index in [-0.39, 0.29) is 23.9 Å². The second-order valence-corrected chi connectivity index (χ2v) is 8.56. The van der Waals surface area contributed by atoms with Gasteiger partial charge < -0.3 is 15.8 Å². The molecule has 1 unspecified atom stereocenters. The maximum atomic E-state index is 12.3. The lowest BCUT2D eigenvalue weighted by Crippen LogP contribution is -2.27. The van der Waals surface area contributed by atoms with E-state index >= 15 is 0 Å². The summed E-state index contributed by atoms with van der Waals surface area (Å²) in [6, 6.07) is 14.7. The Morgan fingerprint density at radius 1 is 1.21 bits per heavy atom. The van der Waals surface area contributed by atoms with Gasteiger partial charge in [0, 0.05) is 19.3 Å². The fourth-order valence-corrected chi connectivity index (χ4v) is 3.75. The van der Waals surface area contributed by atoms with Crippen molar-refractivity contribution in [3.63, 3.8) is 0 Å². The summed E-state index contributed by atoms with van der Waals surface area (Å²) in [7, 11) is -2.06. The Hall–Kier alpha value is -2.42. The van der Waals surface area contributed by atoms with E-state index in [1.165, 1.54) is 12.7 Å². The number of anilines is 1. The molecule has 0 aromatic heterocycles. The number of nitrogens with two attached hydrogens (primary N) is 1. The molecule has 0 saturated carbocycles. The van der Waals surface area contributed by atoms with Crippen LogP contribution in [0.4, 0.5) is 5.69 Å². The number of hydrogen-bond acceptors (Lipinski definition) is 4. The SMILES string of the molecule is CCC(C)c1ccc(NC(N)=NCc2cccc(S(=O)(=O)NCCOC)c2)cc1. The van der Waals surface area contributed by atoms with E-state index in [2.05, 4.69) is 41.0 Å². The molecule has 4 N–H and O–H groups in total. The van der Waals surface area contributed by atoms with Crippen molar-refractivity contribution in [3.05, 3.63) is 59.7 Å². The van der Waals surface area contributed by atoms with Crippen LogP contribution >= 0.6 is 0 Å². The summed E-state index contributed by atoms with van der Waals surface area (Å²) in [6.07, 6.45) is 1.09. The van der Waals surface area contributed by atoms with Crippen molar-refractivity contribution in [2.24, 2.45) is 10.7 Å². The number of hydrogen-bond donors (Lipinski definition) is 3. The minimum Gasteiger partial charge on any atom is -0.383 e. The van der Waals surface area contributed by atoms with E-state index in [0.717, 1.165) is 17.7 Å². The van der Waals surface area contributed by atoms with Gasteiger partial charge in [-0.2, -0.15) is 0 Å². The molecule has 2 aromatic rings. The highest BCUT2D eigenvalue weighted by Gasteiger charge is 2.13. The summed E-state index contributed by atoms with van der Waals surface area (Å²) in [6.45, 7) is 5.15. The van der Waals surface area contributed by atoms with E-state index in [1.807, 2.05) is 18.2 Å². The number of benzene rings is 2. The van der Waals surface area contributed by atoms with Gasteiger partial charge >= 0.3 is 0 Å². The number of methoxy groups -OCH3 is 1. The van der Waals surface area contributed by atoms with Crippen LogP contribution in [0.1, 0.15) is 37.3 Å². The third kappa shape index (κ3) is 7.16. The Labute approximate surface area is 173 Å². The van der Waals surface area contributed by atoms with Crippen LogP contribution in [-0.4, -0.2) is 34.6 Å². The average molecular weight is 419 g/mol. The lowest BCUT2D eigenvalue weighted by Gasteiger charge is -2.11. The normalized spacial score (nSPS) is 13.3. The van der Waals surface area contributed by atoms with Crippen LogP contribution < -0.4 is 15.8 Å². The zero-order valence-corrected chi connectivity index (χ0v) is 18.0. The molecule has 0 heterocycles. The second kappa shape index (κ2) is 10.9. The maximum Gasteiger partial charge on any atom is 0.240 e. The smallest absolute Gasteiger partial charge is 0.240 e. The molecule has 0 amide bonds. The number of aliphatic imine (C=N–C) groups is 1. The van der Waals surface area contributed by atoms with Gasteiger partial charge in [0.25, 0.3) is 0 Å². The van der Waals surface area contributed by atoms with Gasteiger partial charge in [0.05, 0.1) is 18.0 Å². The Kier molecular flexibility index (Phi) is 8.63. The Morgan fingerprint density at radius 3 is 2.59 bits per heavy atom. The predicted octanol–water partition coefficient (Wildman–Crippen LogP) is 3.05. The van der Waals surface area contributed by atoms with Crippen LogP contribution in [0.5, 0.6) is 0 Å². The molecule has 1 atom stereocenters. The van der Waals surface area contributed by atoms with E-state index in [0.29, 0.717) is 12.5 Å². The van der Waals surface area contributed by atoms with E-state index in [4.69, 9.17) is 10.5 Å². The number of ether oxygens (including phenoxy) is 1. The fraction of sp³-hybridized carbons (Fsp3) is 0.381. The van der Waals surface area contributed by atoms with Gasteiger partial charge in [0.1, 0.15) is 0 Å². The zero-order chi connectivity index (χ0) is 21.3. The van der Waals surface area contributed by atoms with Crippen molar-refractivity contribution in [1.82, 2.24) is 4.72 Å². The van der Waals surface area contributed by atoms with Gasteiger partial charge in [-0.3, -0.25) is 0 Å². The van der Waals surface area contributed by atoms with Crippen LogP contribution in [0.15, 0.2) is 58.4 Å². The average Bonchev–Trinajstić information content (AvgIpc) is 2.72. The Balaban J connectivity index is 2.00. The van der Waals surface area contributed by atoms with Crippen molar-refractivity contribution >= 4 is 21.7 Å². The molecule has 8 heteroatoms. The first-order valence-electron chi connectivity index (χ1n) is 9.60. The summed E-state index contributed by atoms with van der Waals surface area (Å²) in [4.78, 5) is 4.50. The summed E-state index contributed by atoms with van der Waals surface area (Å²) in [5, 5.41) is 3.06. The van der Waals surface area contributed by atoms with Gasteiger partial charge in [0.2, 0.25) is 10.0 Å². The molecule has 2 aromatic carbocycles. The number of guanidine groups is 1. The number of sulfonamides is 1. The summed E-state index contributed by atoms with van der Waals surface area (Å²) < 4.78 is 32.0. The van der Waals surface area contributed by atoms with Crippen molar-refractivity contribution in [3.8, 4) is 0 Å². The van der Waals surface area contributed by atoms with Gasteiger partial charge in [-0.05, 0) is 47.7 Å². The molecule has 0 bridgehead atoms. The molecule has 0 radical (unpaired) electrons. The molecule has 2 rings (SSSR count). The Morgan fingerprint density at radius 2 is 1.93 bits per heavy atom. The van der Waals surface area contributed by atoms with Gasteiger partial charge in [0.15, 0.2) is 5.96 Å². The highest BCUT2D eigenvalue weighted by atomic mass is 32.2. The first-order chi connectivity index (χ1) is 13.9. The van der Waals surface area contributed by atoms with Crippen molar-refractivity contribution in [1.29, 1.82) is 0 Å². The monoisotopic (exact) mass is 418 g/mol. The zero-order valence-electron chi connectivity index (χ0n) is 17.2. The van der Waals surface area contributed by atoms with Crippen LogP contribution in [0, 0.1) is 0 Å². The first-order valence-corrected chi connectivity index (χ1v) is 11.1. The summed E-state index contributed by atoms with van der Waals surface area (Å²) in [5.74, 6) is 0.787. The van der Waals surface area contributed by atoms with Crippen molar-refractivity contribution in [2.45, 2.75) is 37.6 Å². The topological polar surface area (TPSA) is 106 Å². The molecule has 29 heavy (non-hydrogen) atoms. The van der Waals surface area contributed by atoms with Crippen LogP contribution in [-0.2, 0) is 21.3 Å². The summed E-state index contributed by atoms with van der Waals surface area (Å²) >= 11 is 0. The highest BCUT2D eigenvalue weighted by molar-refractivity contribution is 7.89. The number of rotatable bonds is 10. The molecule has 7 nitrogen and oxygen atoms in total. The fourth-order valence-electron chi connectivity index (χ4n) is 2.67. The van der Waals surface area contributed by atoms with Crippen LogP contribution in [0.3, 0.4) is 0 Å². The lowest BCUT2D eigenvalue weighted by molar-refractivity contribution is 0.204. The number of nitrogens with zero attached hydrogens (tertiary/aromatic N) is 1. The molecule has 0 aliphatic heterocycles. The standard InChI is InChI=1S/C21H30N4O3S/c1-4-16(2)18-8-10-19(11-9-18)25-21(22)23-15-17-6-5-7-20(14-17)29(26,27)24-12-13-28-3/h5-11,14,16,24H,4,12-13,15H2,1-3H3,(H3,22,23,25). The first kappa shape index (κ1) is 22.9. The largest absolute Gasteiger partial charge is 0.383 e. The second-order valence-electron chi connectivity index (χ2n) is 6.80. The van der Waals surface area contributed by atoms with Crippen LogP contribution in [0.25, 0.3) is 0 Å². The molecule has 0 spiro atoms. The van der Waals surface area contributed by atoms with Gasteiger partial charge in [-0.25, -0.2) is 18.1 Å². The van der Waals surface area contributed by atoms with Crippen LogP contribution in [0.2, 0.25) is 0 Å². The summed E-state index contributed by atoms with van der Waals surface area (Å²) in [5.41, 5.74) is 8.86. The maximum absolute atomic E-state index is 12.3. The minimum atomic E-state index is -3.58. The van der Waals surface area contributed by atoms with E-state index in [1.54, 1.807) is 18.2 Å². The third-order valence-corrected chi connectivity index (χ3v) is 6.06. The molecule has 0 saturated heterocycles. The van der Waals surface area contributed by atoms with E-state index in [9.17, 15) is 8.42 Å². The predicted molar refractivity (Wildman–Crippen MR) is 118 cm³/mol. The number of nitrogens with one attached hydrogen (secondary N) is 2. The molecule has 0 aliphatic rings. The lowest BCUT2D eigenvalue weighted by atomic mass is 9.99. The van der Waals surface area contributed by atoms with Gasteiger partial charge in [-0.1, -0.05) is 38.1 Å². The third-order valence-electron chi connectivity index (χ3n) is 4.60. The van der Waals surface area contributed by atoms with Crippen molar-refractivity contribution < 1.29 is 13.2 Å². The molecule has 0 aliphatic carbocycles. The van der Waals surface area contributed by atoms with Crippen molar-refractivity contribution in [2.75, 3.05) is 25.6 Å². The molecular formula is C21H30N4O3S.